The monoisotopic (exact) mass is 398 g/mol. The molecule has 2 heterocycles. The number of carbonyl (C=O) groups excluding carboxylic acids is 2. The number of nitrogens with one attached hydrogen (secondary N) is 1. The van der Waals surface area contributed by atoms with Crippen LogP contribution in [0.2, 0.25) is 0 Å². The largest absolute Gasteiger partial charge is 0.489 e. The van der Waals surface area contributed by atoms with Crippen LogP contribution in [0.1, 0.15) is 25.0 Å². The van der Waals surface area contributed by atoms with Crippen LogP contribution in [0.3, 0.4) is 0 Å². The molecule has 1 aliphatic rings. The van der Waals surface area contributed by atoms with Gasteiger partial charge in [-0.25, -0.2) is 10.3 Å². The van der Waals surface area contributed by atoms with Crippen molar-refractivity contribution in [1.29, 1.82) is 0 Å². The molecule has 1 aliphatic heterocycles. The molecule has 29 heavy (non-hydrogen) atoms. The normalized spacial score (nSPS) is 15.0. The zero-order chi connectivity index (χ0) is 20.8. The van der Waals surface area contributed by atoms with Gasteiger partial charge in [-0.15, -0.1) is 0 Å². The van der Waals surface area contributed by atoms with Gasteiger partial charge in [-0.2, -0.15) is 0 Å². The Morgan fingerprint density at radius 3 is 2.45 bits per heavy atom. The van der Waals surface area contributed by atoms with E-state index in [4.69, 9.17) is 9.94 Å². The number of carbonyl (C=O) groups is 2. The van der Waals surface area contributed by atoms with Crippen LogP contribution >= 0.6 is 0 Å². The maximum atomic E-state index is 12.8. The van der Waals surface area contributed by atoms with E-state index in [0.29, 0.717) is 26.2 Å². The summed E-state index contributed by atoms with van der Waals surface area (Å²) in [4.78, 5) is 31.9. The fraction of sp³-hybridized carbons (Fsp3) is 0.381. The molecule has 1 atom stereocenters. The van der Waals surface area contributed by atoms with Gasteiger partial charge in [0.2, 0.25) is 0 Å². The summed E-state index contributed by atoms with van der Waals surface area (Å²) < 4.78 is 5.77. The highest BCUT2D eigenvalue weighted by molar-refractivity contribution is 5.87. The molecule has 0 aliphatic carbocycles. The van der Waals surface area contributed by atoms with Gasteiger partial charge in [0.05, 0.1) is 0 Å². The third kappa shape index (κ3) is 5.03. The molecule has 2 aromatic rings. The molecule has 154 valence electrons. The van der Waals surface area contributed by atoms with Gasteiger partial charge in [0.15, 0.2) is 0 Å². The number of ether oxygens (including phenoxy) is 1. The van der Waals surface area contributed by atoms with Gasteiger partial charge >= 0.3 is 6.03 Å². The Balaban J connectivity index is 1.57. The van der Waals surface area contributed by atoms with Crippen molar-refractivity contribution < 1.29 is 19.5 Å². The number of hydrogen-bond donors (Lipinski definition) is 2. The number of hydrogen-bond acceptors (Lipinski definition) is 5. The minimum absolute atomic E-state index is 0.108. The average molecular weight is 398 g/mol. The number of benzene rings is 1. The van der Waals surface area contributed by atoms with Gasteiger partial charge in [-0.05, 0) is 41.3 Å². The van der Waals surface area contributed by atoms with Crippen LogP contribution in [0, 0.1) is 5.92 Å². The SMILES string of the molecule is CC(C)C(C(=O)NO)N1CCN(Cc2ccc(OCc3ccncc3)cc2)C1=O. The van der Waals surface area contributed by atoms with Gasteiger partial charge in [0, 0.05) is 32.0 Å². The second kappa shape index (κ2) is 9.38. The van der Waals surface area contributed by atoms with Crippen LogP contribution in [0.4, 0.5) is 4.79 Å². The van der Waals surface area contributed by atoms with E-state index < -0.39 is 11.9 Å². The number of hydroxylamine groups is 1. The lowest BCUT2D eigenvalue weighted by atomic mass is 10.0. The van der Waals surface area contributed by atoms with Gasteiger partial charge in [0.25, 0.3) is 5.91 Å². The maximum absolute atomic E-state index is 12.8. The van der Waals surface area contributed by atoms with Crippen molar-refractivity contribution in [1.82, 2.24) is 20.3 Å². The van der Waals surface area contributed by atoms with E-state index >= 15 is 0 Å². The fourth-order valence-electron chi connectivity index (χ4n) is 3.43. The highest BCUT2D eigenvalue weighted by atomic mass is 16.5. The maximum Gasteiger partial charge on any atom is 0.321 e. The molecule has 1 aromatic carbocycles. The van der Waals surface area contributed by atoms with Gasteiger partial charge in [-0.3, -0.25) is 15.0 Å². The predicted molar refractivity (Wildman–Crippen MR) is 106 cm³/mol. The number of pyridine rings is 1. The highest BCUT2D eigenvalue weighted by Gasteiger charge is 2.38. The van der Waals surface area contributed by atoms with Crippen molar-refractivity contribution in [2.75, 3.05) is 13.1 Å². The number of amides is 3. The Kier molecular flexibility index (Phi) is 6.66. The number of rotatable bonds is 8. The van der Waals surface area contributed by atoms with Crippen molar-refractivity contribution in [3.05, 3.63) is 59.9 Å². The fourth-order valence-corrected chi connectivity index (χ4v) is 3.43. The second-order valence-corrected chi connectivity index (χ2v) is 7.35. The molecule has 0 saturated carbocycles. The van der Waals surface area contributed by atoms with E-state index in [2.05, 4.69) is 4.98 Å². The van der Waals surface area contributed by atoms with Crippen molar-refractivity contribution >= 4 is 11.9 Å². The summed E-state index contributed by atoms with van der Waals surface area (Å²) in [6.45, 7) is 5.58. The van der Waals surface area contributed by atoms with Gasteiger partial charge < -0.3 is 14.5 Å². The van der Waals surface area contributed by atoms with Crippen LogP contribution in [0.5, 0.6) is 5.75 Å². The molecule has 8 heteroatoms. The van der Waals surface area contributed by atoms with Crippen LogP contribution < -0.4 is 10.2 Å². The van der Waals surface area contributed by atoms with E-state index in [9.17, 15) is 9.59 Å². The summed E-state index contributed by atoms with van der Waals surface area (Å²) in [5.41, 5.74) is 3.69. The smallest absolute Gasteiger partial charge is 0.321 e. The number of aromatic nitrogens is 1. The van der Waals surface area contributed by atoms with Crippen LogP contribution in [-0.2, 0) is 17.9 Å². The lowest BCUT2D eigenvalue weighted by molar-refractivity contribution is -0.135. The van der Waals surface area contributed by atoms with Gasteiger partial charge in [0.1, 0.15) is 18.4 Å². The van der Waals surface area contributed by atoms with E-state index in [0.717, 1.165) is 16.9 Å². The van der Waals surface area contributed by atoms with Gasteiger partial charge in [-0.1, -0.05) is 26.0 Å². The van der Waals surface area contributed by atoms with E-state index in [-0.39, 0.29) is 11.9 Å². The van der Waals surface area contributed by atoms with Crippen LogP contribution in [-0.4, -0.2) is 51.1 Å². The van der Waals surface area contributed by atoms with E-state index in [1.165, 1.54) is 4.90 Å². The summed E-state index contributed by atoms with van der Waals surface area (Å²) in [7, 11) is 0. The van der Waals surface area contributed by atoms with Crippen LogP contribution in [0.15, 0.2) is 48.8 Å². The first-order chi connectivity index (χ1) is 14.0. The molecular weight excluding hydrogens is 372 g/mol. The van der Waals surface area contributed by atoms with Crippen molar-refractivity contribution in [2.24, 2.45) is 5.92 Å². The minimum Gasteiger partial charge on any atom is -0.489 e. The Bertz CT molecular complexity index is 826. The first kappa shape index (κ1) is 20.6. The van der Waals surface area contributed by atoms with Crippen molar-refractivity contribution in [3.63, 3.8) is 0 Å². The van der Waals surface area contributed by atoms with E-state index in [1.54, 1.807) is 22.8 Å². The Hall–Kier alpha value is -3.13. The molecule has 1 unspecified atom stereocenters. The molecule has 3 amide bonds. The Labute approximate surface area is 170 Å². The first-order valence-corrected chi connectivity index (χ1v) is 9.59. The minimum atomic E-state index is -0.693. The standard InChI is InChI=1S/C21H26N4O4/c1-15(2)19(20(26)23-28)25-12-11-24(21(25)27)13-16-3-5-18(6-4-16)29-14-17-7-9-22-10-8-17/h3-10,15,19,28H,11-14H2,1-2H3,(H,23,26). The Morgan fingerprint density at radius 2 is 1.83 bits per heavy atom. The molecule has 2 N–H and O–H groups in total. The molecule has 0 spiro atoms. The summed E-state index contributed by atoms with van der Waals surface area (Å²) in [5, 5.41) is 8.98. The topological polar surface area (TPSA) is 95.0 Å². The zero-order valence-electron chi connectivity index (χ0n) is 16.6. The molecule has 1 fully saturated rings. The summed E-state index contributed by atoms with van der Waals surface area (Å²) in [6.07, 6.45) is 3.46. The van der Waals surface area contributed by atoms with Crippen LogP contribution in [0.25, 0.3) is 0 Å². The number of urea groups is 1. The molecule has 1 saturated heterocycles. The first-order valence-electron chi connectivity index (χ1n) is 9.59. The van der Waals surface area contributed by atoms with Crippen molar-refractivity contribution in [3.8, 4) is 5.75 Å². The predicted octanol–water partition coefficient (Wildman–Crippen LogP) is 2.43. The molecule has 8 nitrogen and oxygen atoms in total. The lowest BCUT2D eigenvalue weighted by Gasteiger charge is -2.29. The third-order valence-corrected chi connectivity index (χ3v) is 4.92. The molecule has 0 radical (unpaired) electrons. The molecular formula is C21H26N4O4. The number of nitrogens with zero attached hydrogens (tertiary/aromatic N) is 3. The highest BCUT2D eigenvalue weighted by Crippen LogP contribution is 2.21. The molecule has 1 aromatic heterocycles. The Morgan fingerprint density at radius 1 is 1.14 bits per heavy atom. The summed E-state index contributed by atoms with van der Waals surface area (Å²) in [6, 6.07) is 10.5. The van der Waals surface area contributed by atoms with Crippen molar-refractivity contribution in [2.45, 2.75) is 33.0 Å². The summed E-state index contributed by atoms with van der Waals surface area (Å²) in [5.74, 6) is 0.0770. The zero-order valence-corrected chi connectivity index (χ0v) is 16.6. The lowest BCUT2D eigenvalue weighted by Crippen LogP contribution is -2.50. The average Bonchev–Trinajstić information content (AvgIpc) is 3.08. The second-order valence-electron chi connectivity index (χ2n) is 7.35. The molecule has 0 bridgehead atoms. The quantitative estimate of drug-likeness (QED) is 0.526. The van der Waals surface area contributed by atoms with E-state index in [1.807, 2.05) is 50.2 Å². The third-order valence-electron chi connectivity index (χ3n) is 4.92. The molecule has 3 rings (SSSR count). The summed E-state index contributed by atoms with van der Waals surface area (Å²) >= 11 is 0.